The minimum atomic E-state index is -0.0369. The zero-order chi connectivity index (χ0) is 15.5. The van der Waals surface area contributed by atoms with E-state index in [4.69, 9.17) is 4.74 Å². The standard InChI is InChI=1S/C16H16BrN3O2/c1-22-15-5-4-12(17)7-13(15)14-3-2-6-20(14)16(21)11-8-18-10-19-9-11/h4-5,7-10,14H,2-3,6H2,1H3. The normalized spacial score (nSPS) is 17.5. The Morgan fingerprint density at radius 2 is 2.14 bits per heavy atom. The molecule has 3 rings (SSSR count). The molecule has 0 aliphatic carbocycles. The maximum atomic E-state index is 12.7. The molecule has 1 fully saturated rings. The number of rotatable bonds is 3. The van der Waals surface area contributed by atoms with Gasteiger partial charge in [0.1, 0.15) is 12.1 Å². The van der Waals surface area contributed by atoms with Gasteiger partial charge in [-0.05, 0) is 31.0 Å². The van der Waals surface area contributed by atoms with Gasteiger partial charge < -0.3 is 9.64 Å². The van der Waals surface area contributed by atoms with Crippen LogP contribution in [0.5, 0.6) is 5.75 Å². The lowest BCUT2D eigenvalue weighted by molar-refractivity contribution is 0.0733. The number of carbonyl (C=O) groups is 1. The summed E-state index contributed by atoms with van der Waals surface area (Å²) in [6.07, 6.45) is 6.44. The Bertz CT molecular complexity index is 678. The number of benzene rings is 1. The predicted octanol–water partition coefficient (Wildman–Crippen LogP) is 3.23. The lowest BCUT2D eigenvalue weighted by atomic mass is 10.0. The van der Waals surface area contributed by atoms with Crippen LogP contribution >= 0.6 is 15.9 Å². The molecule has 114 valence electrons. The van der Waals surface area contributed by atoms with E-state index in [0.29, 0.717) is 5.56 Å². The first-order valence-electron chi connectivity index (χ1n) is 7.10. The van der Waals surface area contributed by atoms with E-state index in [-0.39, 0.29) is 11.9 Å². The Hall–Kier alpha value is -1.95. The fourth-order valence-corrected chi connectivity index (χ4v) is 3.25. The fraction of sp³-hybridized carbons (Fsp3) is 0.312. The van der Waals surface area contributed by atoms with E-state index in [2.05, 4.69) is 25.9 Å². The Morgan fingerprint density at radius 3 is 2.86 bits per heavy atom. The second-order valence-electron chi connectivity index (χ2n) is 5.17. The number of nitrogens with zero attached hydrogens (tertiary/aromatic N) is 3. The van der Waals surface area contributed by atoms with Crippen LogP contribution in [0.15, 0.2) is 41.4 Å². The summed E-state index contributed by atoms with van der Waals surface area (Å²) in [4.78, 5) is 22.5. The van der Waals surface area contributed by atoms with E-state index in [0.717, 1.165) is 35.2 Å². The third-order valence-electron chi connectivity index (χ3n) is 3.87. The summed E-state index contributed by atoms with van der Waals surface area (Å²) in [6, 6.07) is 5.90. The second-order valence-corrected chi connectivity index (χ2v) is 6.09. The van der Waals surface area contributed by atoms with E-state index in [1.807, 2.05) is 23.1 Å². The molecule has 1 atom stereocenters. The average molecular weight is 362 g/mol. The van der Waals surface area contributed by atoms with Crippen molar-refractivity contribution in [3.05, 3.63) is 52.5 Å². The van der Waals surface area contributed by atoms with Crippen LogP contribution < -0.4 is 4.74 Å². The van der Waals surface area contributed by atoms with Crippen molar-refractivity contribution in [1.29, 1.82) is 0 Å². The first-order valence-corrected chi connectivity index (χ1v) is 7.89. The molecule has 0 spiro atoms. The molecule has 0 bridgehead atoms. The first-order chi connectivity index (χ1) is 10.7. The quantitative estimate of drug-likeness (QED) is 0.841. The number of ether oxygens (including phenoxy) is 1. The minimum Gasteiger partial charge on any atom is -0.496 e. The third kappa shape index (κ3) is 2.83. The van der Waals surface area contributed by atoms with E-state index in [1.54, 1.807) is 19.5 Å². The molecular formula is C16H16BrN3O2. The molecule has 2 aromatic rings. The van der Waals surface area contributed by atoms with Gasteiger partial charge in [0, 0.05) is 29.0 Å². The number of hydrogen-bond donors (Lipinski definition) is 0. The number of hydrogen-bond acceptors (Lipinski definition) is 4. The van der Waals surface area contributed by atoms with E-state index < -0.39 is 0 Å². The van der Waals surface area contributed by atoms with Gasteiger partial charge in [0.2, 0.25) is 0 Å². The lowest BCUT2D eigenvalue weighted by Gasteiger charge is -2.26. The molecule has 1 aromatic heterocycles. The summed E-state index contributed by atoms with van der Waals surface area (Å²) in [5, 5.41) is 0. The summed E-state index contributed by atoms with van der Waals surface area (Å²) in [7, 11) is 1.65. The number of halogens is 1. The highest BCUT2D eigenvalue weighted by Crippen LogP contribution is 2.39. The van der Waals surface area contributed by atoms with Crippen molar-refractivity contribution in [2.24, 2.45) is 0 Å². The van der Waals surface area contributed by atoms with Crippen molar-refractivity contribution >= 4 is 21.8 Å². The predicted molar refractivity (Wildman–Crippen MR) is 85.7 cm³/mol. The highest BCUT2D eigenvalue weighted by molar-refractivity contribution is 9.10. The molecule has 1 aliphatic rings. The largest absolute Gasteiger partial charge is 0.496 e. The number of methoxy groups -OCH3 is 1. The van der Waals surface area contributed by atoms with Crippen LogP contribution in [0, 0.1) is 0 Å². The maximum Gasteiger partial charge on any atom is 0.257 e. The van der Waals surface area contributed by atoms with Gasteiger partial charge in [0.15, 0.2) is 0 Å². The minimum absolute atomic E-state index is 0.0140. The smallest absolute Gasteiger partial charge is 0.257 e. The molecule has 0 N–H and O–H groups in total. The highest BCUT2D eigenvalue weighted by Gasteiger charge is 2.32. The molecular weight excluding hydrogens is 346 g/mol. The molecule has 1 amide bonds. The summed E-state index contributed by atoms with van der Waals surface area (Å²) in [5.41, 5.74) is 1.54. The second kappa shape index (κ2) is 6.44. The van der Waals surface area contributed by atoms with Crippen molar-refractivity contribution < 1.29 is 9.53 Å². The van der Waals surface area contributed by atoms with Crippen LogP contribution in [0.2, 0.25) is 0 Å². The Labute approximate surface area is 137 Å². The van der Waals surface area contributed by atoms with Gasteiger partial charge in [0.05, 0.1) is 18.7 Å². The van der Waals surface area contributed by atoms with Gasteiger partial charge in [-0.3, -0.25) is 4.79 Å². The van der Waals surface area contributed by atoms with Crippen molar-refractivity contribution in [3.8, 4) is 5.75 Å². The molecule has 5 nitrogen and oxygen atoms in total. The lowest BCUT2D eigenvalue weighted by Crippen LogP contribution is -2.31. The van der Waals surface area contributed by atoms with Crippen LogP contribution in [0.25, 0.3) is 0 Å². The highest BCUT2D eigenvalue weighted by atomic mass is 79.9. The van der Waals surface area contributed by atoms with Gasteiger partial charge in [0.25, 0.3) is 5.91 Å². The van der Waals surface area contributed by atoms with Crippen molar-refractivity contribution in [3.63, 3.8) is 0 Å². The van der Waals surface area contributed by atoms with Crippen molar-refractivity contribution in [2.45, 2.75) is 18.9 Å². The molecule has 1 aliphatic heterocycles. The Balaban J connectivity index is 1.94. The number of aromatic nitrogens is 2. The molecule has 0 saturated carbocycles. The third-order valence-corrected chi connectivity index (χ3v) is 4.37. The van der Waals surface area contributed by atoms with Crippen LogP contribution in [0.3, 0.4) is 0 Å². The first kappa shape index (κ1) is 15.0. The van der Waals surface area contributed by atoms with Gasteiger partial charge in [-0.25, -0.2) is 9.97 Å². The molecule has 0 radical (unpaired) electrons. The van der Waals surface area contributed by atoms with Crippen molar-refractivity contribution in [2.75, 3.05) is 13.7 Å². The van der Waals surface area contributed by atoms with Gasteiger partial charge in [-0.2, -0.15) is 0 Å². The average Bonchev–Trinajstić information content (AvgIpc) is 3.04. The Morgan fingerprint density at radius 1 is 1.36 bits per heavy atom. The van der Waals surface area contributed by atoms with Crippen LogP contribution in [-0.2, 0) is 0 Å². The number of carbonyl (C=O) groups excluding carboxylic acids is 1. The molecule has 1 aromatic carbocycles. The molecule has 1 unspecified atom stereocenters. The van der Waals surface area contributed by atoms with Crippen molar-refractivity contribution in [1.82, 2.24) is 14.9 Å². The van der Waals surface area contributed by atoms with Gasteiger partial charge in [-0.15, -0.1) is 0 Å². The maximum absolute atomic E-state index is 12.7. The fourth-order valence-electron chi connectivity index (χ4n) is 2.87. The molecule has 2 heterocycles. The monoisotopic (exact) mass is 361 g/mol. The Kier molecular flexibility index (Phi) is 4.38. The SMILES string of the molecule is COc1ccc(Br)cc1C1CCCN1C(=O)c1cncnc1. The van der Waals surface area contributed by atoms with Crippen LogP contribution in [0.4, 0.5) is 0 Å². The summed E-state index contributed by atoms with van der Waals surface area (Å²) in [5.74, 6) is 0.766. The van der Waals surface area contributed by atoms with E-state index in [9.17, 15) is 4.79 Å². The summed E-state index contributed by atoms with van der Waals surface area (Å²) in [6.45, 7) is 0.730. The number of likely N-dealkylation sites (tertiary alicyclic amines) is 1. The molecule has 22 heavy (non-hydrogen) atoms. The van der Waals surface area contributed by atoms with Crippen LogP contribution in [0.1, 0.15) is 34.8 Å². The topological polar surface area (TPSA) is 55.3 Å². The van der Waals surface area contributed by atoms with Gasteiger partial charge in [-0.1, -0.05) is 15.9 Å². The van der Waals surface area contributed by atoms with Crippen LogP contribution in [-0.4, -0.2) is 34.4 Å². The van der Waals surface area contributed by atoms with Gasteiger partial charge >= 0.3 is 0 Å². The van der Waals surface area contributed by atoms with E-state index >= 15 is 0 Å². The number of amides is 1. The summed E-state index contributed by atoms with van der Waals surface area (Å²) >= 11 is 3.50. The molecule has 1 saturated heterocycles. The summed E-state index contributed by atoms with van der Waals surface area (Å²) < 4.78 is 6.44. The molecule has 6 heteroatoms. The zero-order valence-corrected chi connectivity index (χ0v) is 13.8. The van der Waals surface area contributed by atoms with E-state index in [1.165, 1.54) is 6.33 Å². The zero-order valence-electron chi connectivity index (χ0n) is 12.2.